The van der Waals surface area contributed by atoms with Gasteiger partial charge >= 0.3 is 0 Å². The highest BCUT2D eigenvalue weighted by atomic mass is 16.3. The molecule has 1 aromatic heterocycles. The van der Waals surface area contributed by atoms with E-state index in [0.717, 1.165) is 18.7 Å². The molecule has 0 aliphatic rings. The third kappa shape index (κ3) is 3.50. The molecular weight excluding hydrogens is 248 g/mol. The lowest BCUT2D eigenvalue weighted by Gasteiger charge is -2.30. The predicted molar refractivity (Wildman–Crippen MR) is 82.4 cm³/mol. The molecule has 0 fully saturated rings. The second-order valence-electron chi connectivity index (χ2n) is 5.44. The summed E-state index contributed by atoms with van der Waals surface area (Å²) in [6, 6.07) is 12.7. The van der Waals surface area contributed by atoms with Crippen molar-refractivity contribution in [3.05, 3.63) is 59.5 Å². The molecule has 1 heterocycles. The molecule has 0 saturated carbocycles. The molecule has 0 aliphatic carbocycles. The molecule has 0 radical (unpaired) electrons. The molecule has 2 aromatic rings. The first-order valence-electron chi connectivity index (χ1n) is 7.16. The molecule has 2 atom stereocenters. The summed E-state index contributed by atoms with van der Waals surface area (Å²) in [7, 11) is 2.10. The van der Waals surface area contributed by atoms with Gasteiger partial charge in [-0.2, -0.15) is 0 Å². The Morgan fingerprint density at radius 2 is 2.05 bits per heavy atom. The van der Waals surface area contributed by atoms with Crippen LogP contribution in [0, 0.1) is 6.92 Å². The lowest BCUT2D eigenvalue weighted by atomic mass is 10.0. The summed E-state index contributed by atoms with van der Waals surface area (Å²) in [6.07, 6.45) is 2.63. The summed E-state index contributed by atoms with van der Waals surface area (Å²) in [5.41, 5.74) is 8.87. The number of nitrogens with zero attached hydrogens (tertiary/aromatic N) is 1. The fourth-order valence-electron chi connectivity index (χ4n) is 2.63. The van der Waals surface area contributed by atoms with Gasteiger partial charge in [-0.1, -0.05) is 36.8 Å². The zero-order chi connectivity index (χ0) is 14.5. The van der Waals surface area contributed by atoms with E-state index in [4.69, 9.17) is 10.2 Å². The Labute approximate surface area is 121 Å². The average Bonchev–Trinajstić information content (AvgIpc) is 2.92. The molecule has 2 rings (SSSR count). The lowest BCUT2D eigenvalue weighted by Crippen LogP contribution is -2.38. The molecule has 0 aliphatic heterocycles. The van der Waals surface area contributed by atoms with E-state index in [1.165, 1.54) is 11.1 Å². The van der Waals surface area contributed by atoms with Crippen LogP contribution in [-0.4, -0.2) is 18.0 Å². The SMILES string of the molecule is CCC(N)C(c1ccco1)N(C)Cc1cccc(C)c1. The zero-order valence-electron chi connectivity index (χ0n) is 12.5. The molecule has 0 saturated heterocycles. The first-order chi connectivity index (χ1) is 9.61. The Hall–Kier alpha value is -1.58. The summed E-state index contributed by atoms with van der Waals surface area (Å²) >= 11 is 0. The number of benzene rings is 1. The van der Waals surface area contributed by atoms with Crippen LogP contribution in [0.1, 0.15) is 36.3 Å². The Kier molecular flexibility index (Phi) is 4.99. The van der Waals surface area contributed by atoms with E-state index in [9.17, 15) is 0 Å². The van der Waals surface area contributed by atoms with E-state index in [1.54, 1.807) is 6.26 Å². The van der Waals surface area contributed by atoms with Crippen LogP contribution >= 0.6 is 0 Å². The largest absolute Gasteiger partial charge is 0.468 e. The number of nitrogens with two attached hydrogens (primary N) is 1. The van der Waals surface area contributed by atoms with Crippen molar-refractivity contribution in [1.82, 2.24) is 4.90 Å². The standard InChI is InChI=1S/C17H24N2O/c1-4-15(18)17(16-9-6-10-20-16)19(3)12-14-8-5-7-13(2)11-14/h5-11,15,17H,4,12,18H2,1-3H3. The Morgan fingerprint density at radius 1 is 1.25 bits per heavy atom. The van der Waals surface area contributed by atoms with Gasteiger partial charge in [-0.25, -0.2) is 0 Å². The maximum Gasteiger partial charge on any atom is 0.122 e. The summed E-state index contributed by atoms with van der Waals surface area (Å²) in [5.74, 6) is 0.939. The summed E-state index contributed by atoms with van der Waals surface area (Å²) in [4.78, 5) is 2.27. The lowest BCUT2D eigenvalue weighted by molar-refractivity contribution is 0.175. The van der Waals surface area contributed by atoms with Gasteiger partial charge in [0.15, 0.2) is 0 Å². The third-order valence-electron chi connectivity index (χ3n) is 3.70. The van der Waals surface area contributed by atoms with Crippen molar-refractivity contribution in [3.8, 4) is 0 Å². The van der Waals surface area contributed by atoms with Crippen molar-refractivity contribution < 1.29 is 4.42 Å². The van der Waals surface area contributed by atoms with Crippen LogP contribution in [0.4, 0.5) is 0 Å². The van der Waals surface area contributed by atoms with Crippen LogP contribution in [0.15, 0.2) is 47.1 Å². The molecule has 20 heavy (non-hydrogen) atoms. The monoisotopic (exact) mass is 272 g/mol. The Bertz CT molecular complexity index is 522. The van der Waals surface area contributed by atoms with Gasteiger partial charge in [-0.3, -0.25) is 4.90 Å². The average molecular weight is 272 g/mol. The molecule has 2 N–H and O–H groups in total. The molecule has 0 bridgehead atoms. The number of rotatable bonds is 6. The van der Waals surface area contributed by atoms with E-state index in [1.807, 2.05) is 12.1 Å². The Balaban J connectivity index is 2.17. The summed E-state index contributed by atoms with van der Waals surface area (Å²) < 4.78 is 5.58. The minimum Gasteiger partial charge on any atom is -0.468 e. The molecule has 1 aromatic carbocycles. The van der Waals surface area contributed by atoms with Crippen LogP contribution in [0.2, 0.25) is 0 Å². The predicted octanol–water partition coefficient (Wildman–Crippen LogP) is 3.50. The maximum absolute atomic E-state index is 6.29. The quantitative estimate of drug-likeness (QED) is 0.875. The van der Waals surface area contributed by atoms with E-state index in [-0.39, 0.29) is 12.1 Å². The fourth-order valence-corrected chi connectivity index (χ4v) is 2.63. The van der Waals surface area contributed by atoms with Crippen LogP contribution in [-0.2, 0) is 6.54 Å². The van der Waals surface area contributed by atoms with Gasteiger partial charge in [-0.05, 0) is 38.1 Å². The first kappa shape index (κ1) is 14.8. The summed E-state index contributed by atoms with van der Waals surface area (Å²) in [6.45, 7) is 5.09. The van der Waals surface area contributed by atoms with Crippen molar-refractivity contribution in [2.24, 2.45) is 5.73 Å². The van der Waals surface area contributed by atoms with Crippen LogP contribution in [0.3, 0.4) is 0 Å². The van der Waals surface area contributed by atoms with E-state index in [0.29, 0.717) is 0 Å². The van der Waals surface area contributed by atoms with Gasteiger partial charge in [-0.15, -0.1) is 0 Å². The number of aryl methyl sites for hydroxylation is 1. The first-order valence-corrected chi connectivity index (χ1v) is 7.16. The minimum atomic E-state index is 0.0657. The van der Waals surface area contributed by atoms with Crippen LogP contribution < -0.4 is 5.73 Å². The van der Waals surface area contributed by atoms with Gasteiger partial charge in [0.1, 0.15) is 5.76 Å². The van der Waals surface area contributed by atoms with Crippen molar-refractivity contribution in [2.75, 3.05) is 7.05 Å². The normalized spacial score (nSPS) is 14.4. The zero-order valence-corrected chi connectivity index (χ0v) is 12.5. The van der Waals surface area contributed by atoms with E-state index < -0.39 is 0 Å². The van der Waals surface area contributed by atoms with Gasteiger partial charge in [0.2, 0.25) is 0 Å². The molecule has 2 unspecified atom stereocenters. The molecule has 0 amide bonds. The molecular formula is C17H24N2O. The van der Waals surface area contributed by atoms with Crippen LogP contribution in [0.25, 0.3) is 0 Å². The van der Waals surface area contributed by atoms with Crippen molar-refractivity contribution in [1.29, 1.82) is 0 Å². The van der Waals surface area contributed by atoms with Gasteiger partial charge in [0.05, 0.1) is 12.3 Å². The van der Waals surface area contributed by atoms with Crippen LogP contribution in [0.5, 0.6) is 0 Å². The fraction of sp³-hybridized carbons (Fsp3) is 0.412. The van der Waals surface area contributed by atoms with Gasteiger partial charge in [0.25, 0.3) is 0 Å². The van der Waals surface area contributed by atoms with Gasteiger partial charge in [0, 0.05) is 12.6 Å². The second kappa shape index (κ2) is 6.73. The third-order valence-corrected chi connectivity index (χ3v) is 3.70. The highest BCUT2D eigenvalue weighted by molar-refractivity contribution is 5.22. The number of furan rings is 1. The second-order valence-corrected chi connectivity index (χ2v) is 5.44. The highest BCUT2D eigenvalue weighted by Gasteiger charge is 2.25. The van der Waals surface area contributed by atoms with Crippen molar-refractivity contribution >= 4 is 0 Å². The van der Waals surface area contributed by atoms with E-state index >= 15 is 0 Å². The number of hydrogen-bond donors (Lipinski definition) is 1. The molecule has 108 valence electrons. The molecule has 0 spiro atoms. The highest BCUT2D eigenvalue weighted by Crippen LogP contribution is 2.26. The van der Waals surface area contributed by atoms with Gasteiger partial charge < -0.3 is 10.2 Å². The number of hydrogen-bond acceptors (Lipinski definition) is 3. The maximum atomic E-state index is 6.29. The molecule has 3 heteroatoms. The minimum absolute atomic E-state index is 0.0657. The van der Waals surface area contributed by atoms with Crippen molar-refractivity contribution in [3.63, 3.8) is 0 Å². The smallest absolute Gasteiger partial charge is 0.122 e. The Morgan fingerprint density at radius 3 is 2.65 bits per heavy atom. The number of likely N-dealkylation sites (N-methyl/N-ethyl adjacent to an activating group) is 1. The van der Waals surface area contributed by atoms with Crippen molar-refractivity contribution in [2.45, 2.75) is 38.9 Å². The molecule has 3 nitrogen and oxygen atoms in total. The topological polar surface area (TPSA) is 42.4 Å². The summed E-state index contributed by atoms with van der Waals surface area (Å²) in [5, 5.41) is 0. The van der Waals surface area contributed by atoms with E-state index in [2.05, 4.69) is 50.1 Å².